The van der Waals surface area contributed by atoms with Crippen LogP contribution in [-0.2, 0) is 0 Å². The maximum absolute atomic E-state index is 5.03. The molecule has 0 aromatic carbocycles. The van der Waals surface area contributed by atoms with E-state index < -0.39 is 0 Å². The Hall–Kier alpha value is -0.700. The van der Waals surface area contributed by atoms with E-state index in [2.05, 4.69) is 10.2 Å². The molecule has 1 aromatic heterocycles. The second kappa shape index (κ2) is 4.21. The van der Waals surface area contributed by atoms with Crippen molar-refractivity contribution in [1.29, 1.82) is 0 Å². The lowest BCUT2D eigenvalue weighted by molar-refractivity contribution is 0.326. The zero-order valence-corrected chi connectivity index (χ0v) is 5.94. The summed E-state index contributed by atoms with van der Waals surface area (Å²) in [5, 5.41) is 6.36. The van der Waals surface area contributed by atoms with E-state index >= 15 is 0 Å². The average Bonchev–Trinajstić information content (AvgIpc) is 2.19. The van der Waals surface area contributed by atoms with Gasteiger partial charge in [-0.15, -0.1) is 12.4 Å². The van der Waals surface area contributed by atoms with Crippen molar-refractivity contribution >= 4 is 12.4 Å². The Labute approximate surface area is 59.8 Å². The molecule has 52 valence electrons. The average molecular weight is 149 g/mol. The Bertz CT molecular complexity index is 141. The highest BCUT2D eigenvalue weighted by molar-refractivity contribution is 5.85. The van der Waals surface area contributed by atoms with E-state index in [0.717, 1.165) is 5.88 Å². The predicted octanol–water partition coefficient (Wildman–Crippen LogP) is 1.23. The quantitative estimate of drug-likeness (QED) is 0.685. The first-order valence-corrected chi connectivity index (χ1v) is 2.55. The third-order valence-corrected chi connectivity index (χ3v) is 0.775. The van der Waals surface area contributed by atoms with Gasteiger partial charge in [-0.1, -0.05) is 0 Å². The van der Waals surface area contributed by atoms with Crippen LogP contribution in [0.25, 0.3) is 0 Å². The topological polar surface area (TPSA) is 37.9 Å². The summed E-state index contributed by atoms with van der Waals surface area (Å²) in [7, 11) is 0. The molecule has 1 aromatic rings. The molecule has 9 heavy (non-hydrogen) atoms. The maximum Gasteiger partial charge on any atom is 0.208 e. The van der Waals surface area contributed by atoms with E-state index in [1.165, 1.54) is 0 Å². The van der Waals surface area contributed by atoms with Gasteiger partial charge in [0, 0.05) is 6.07 Å². The fraction of sp³-hybridized carbons (Fsp3) is 0.400. The van der Waals surface area contributed by atoms with Crippen molar-refractivity contribution in [2.45, 2.75) is 6.92 Å². The van der Waals surface area contributed by atoms with Gasteiger partial charge in [0.05, 0.1) is 12.8 Å². The lowest BCUT2D eigenvalue weighted by atomic mass is 10.7. The van der Waals surface area contributed by atoms with E-state index in [9.17, 15) is 0 Å². The van der Waals surface area contributed by atoms with Crippen LogP contribution in [0, 0.1) is 0 Å². The number of aromatic nitrogens is 2. The summed E-state index contributed by atoms with van der Waals surface area (Å²) in [6, 6.07) is 1.78. The van der Waals surface area contributed by atoms with Gasteiger partial charge in [-0.25, -0.2) is 5.10 Å². The van der Waals surface area contributed by atoms with E-state index in [1.54, 1.807) is 12.3 Å². The third-order valence-electron chi connectivity index (χ3n) is 0.775. The van der Waals surface area contributed by atoms with E-state index in [0.29, 0.717) is 6.61 Å². The second-order valence-corrected chi connectivity index (χ2v) is 1.35. The molecule has 0 radical (unpaired) electrons. The zero-order valence-electron chi connectivity index (χ0n) is 5.13. The van der Waals surface area contributed by atoms with Gasteiger partial charge in [-0.3, -0.25) is 0 Å². The van der Waals surface area contributed by atoms with E-state index in [1.807, 2.05) is 6.92 Å². The SMILES string of the molecule is CCOc1ccn[nH]1.Cl. The molecule has 3 nitrogen and oxygen atoms in total. The molecule has 0 atom stereocenters. The largest absolute Gasteiger partial charge is 0.478 e. The molecule has 1 rings (SSSR count). The molecule has 1 heterocycles. The van der Waals surface area contributed by atoms with Crippen LogP contribution in [0.1, 0.15) is 6.92 Å². The monoisotopic (exact) mass is 148 g/mol. The van der Waals surface area contributed by atoms with Crippen LogP contribution in [0.5, 0.6) is 5.88 Å². The van der Waals surface area contributed by atoms with Crippen molar-refractivity contribution in [3.63, 3.8) is 0 Å². The van der Waals surface area contributed by atoms with Crippen molar-refractivity contribution in [2.24, 2.45) is 0 Å². The minimum atomic E-state index is 0. The normalized spacial score (nSPS) is 8.11. The van der Waals surface area contributed by atoms with Crippen LogP contribution in [0.3, 0.4) is 0 Å². The fourth-order valence-electron chi connectivity index (χ4n) is 0.479. The molecule has 0 fully saturated rings. The molecule has 1 N–H and O–H groups in total. The molecule has 0 saturated carbocycles. The summed E-state index contributed by atoms with van der Waals surface area (Å²) in [5.41, 5.74) is 0. The number of hydrogen-bond acceptors (Lipinski definition) is 2. The molecule has 0 amide bonds. The highest BCUT2D eigenvalue weighted by atomic mass is 35.5. The van der Waals surface area contributed by atoms with Gasteiger partial charge in [-0.05, 0) is 6.92 Å². The first kappa shape index (κ1) is 8.30. The lowest BCUT2D eigenvalue weighted by Gasteiger charge is -1.93. The van der Waals surface area contributed by atoms with Crippen molar-refractivity contribution in [1.82, 2.24) is 10.2 Å². The fourth-order valence-corrected chi connectivity index (χ4v) is 0.479. The van der Waals surface area contributed by atoms with Gasteiger partial charge in [0.1, 0.15) is 0 Å². The smallest absolute Gasteiger partial charge is 0.208 e. The van der Waals surface area contributed by atoms with Crippen LogP contribution in [0.2, 0.25) is 0 Å². The summed E-state index contributed by atoms with van der Waals surface area (Å²) < 4.78 is 5.03. The molecule has 0 bridgehead atoms. The van der Waals surface area contributed by atoms with E-state index in [4.69, 9.17) is 4.74 Å². The summed E-state index contributed by atoms with van der Waals surface area (Å²) in [5.74, 6) is 0.729. The highest BCUT2D eigenvalue weighted by Gasteiger charge is 1.86. The maximum atomic E-state index is 5.03. The number of rotatable bonds is 2. The Morgan fingerprint density at radius 2 is 2.56 bits per heavy atom. The van der Waals surface area contributed by atoms with Gasteiger partial charge >= 0.3 is 0 Å². The molecule has 0 aliphatic rings. The summed E-state index contributed by atoms with van der Waals surface area (Å²) in [4.78, 5) is 0. The van der Waals surface area contributed by atoms with Crippen molar-refractivity contribution in [2.75, 3.05) is 6.61 Å². The molecular weight excluding hydrogens is 140 g/mol. The number of halogens is 1. The Morgan fingerprint density at radius 1 is 1.78 bits per heavy atom. The molecule has 0 unspecified atom stereocenters. The number of aromatic amines is 1. The minimum Gasteiger partial charge on any atom is -0.478 e. The molecule has 4 heteroatoms. The molecular formula is C5H9ClN2O. The second-order valence-electron chi connectivity index (χ2n) is 1.35. The van der Waals surface area contributed by atoms with Gasteiger partial charge in [-0.2, -0.15) is 5.10 Å². The van der Waals surface area contributed by atoms with Crippen LogP contribution in [0.4, 0.5) is 0 Å². The Kier molecular flexibility index (Phi) is 3.88. The summed E-state index contributed by atoms with van der Waals surface area (Å²) in [6.45, 7) is 2.61. The van der Waals surface area contributed by atoms with Crippen molar-refractivity contribution in [3.8, 4) is 5.88 Å². The van der Waals surface area contributed by atoms with Crippen LogP contribution >= 0.6 is 12.4 Å². The Balaban J connectivity index is 0.000000640. The molecule has 0 aliphatic carbocycles. The predicted molar refractivity (Wildman–Crippen MR) is 37.0 cm³/mol. The lowest BCUT2D eigenvalue weighted by Crippen LogP contribution is -1.90. The van der Waals surface area contributed by atoms with Crippen LogP contribution < -0.4 is 4.74 Å². The molecule has 0 saturated heterocycles. The third kappa shape index (κ3) is 2.37. The summed E-state index contributed by atoms with van der Waals surface area (Å²) in [6.07, 6.45) is 1.66. The van der Waals surface area contributed by atoms with E-state index in [-0.39, 0.29) is 12.4 Å². The number of H-pyrrole nitrogens is 1. The van der Waals surface area contributed by atoms with Gasteiger partial charge in [0.15, 0.2) is 0 Å². The van der Waals surface area contributed by atoms with Gasteiger partial charge in [0.2, 0.25) is 5.88 Å². The van der Waals surface area contributed by atoms with Crippen molar-refractivity contribution in [3.05, 3.63) is 12.3 Å². The number of nitrogens with zero attached hydrogens (tertiary/aromatic N) is 1. The zero-order chi connectivity index (χ0) is 5.82. The number of ether oxygens (including phenoxy) is 1. The first-order valence-electron chi connectivity index (χ1n) is 2.55. The molecule has 0 spiro atoms. The minimum absolute atomic E-state index is 0. The van der Waals surface area contributed by atoms with Gasteiger partial charge < -0.3 is 4.74 Å². The number of nitrogens with one attached hydrogen (secondary N) is 1. The highest BCUT2D eigenvalue weighted by Crippen LogP contribution is 1.99. The van der Waals surface area contributed by atoms with Crippen molar-refractivity contribution < 1.29 is 4.74 Å². The Morgan fingerprint density at radius 3 is 3.00 bits per heavy atom. The van der Waals surface area contributed by atoms with Crippen LogP contribution in [-0.4, -0.2) is 16.8 Å². The number of hydrogen-bond donors (Lipinski definition) is 1. The standard InChI is InChI=1S/C5H8N2O.ClH/c1-2-8-5-3-4-6-7-5;/h3-4H,2H2,1H3,(H,6,7);1H. The first-order chi connectivity index (χ1) is 3.93. The van der Waals surface area contributed by atoms with Crippen LogP contribution in [0.15, 0.2) is 12.3 Å². The van der Waals surface area contributed by atoms with Gasteiger partial charge in [0.25, 0.3) is 0 Å². The molecule has 0 aliphatic heterocycles. The summed E-state index contributed by atoms with van der Waals surface area (Å²) >= 11 is 0.